The van der Waals surface area contributed by atoms with Gasteiger partial charge in [0.05, 0.1) is 16.3 Å². The van der Waals surface area contributed by atoms with Crippen molar-refractivity contribution in [1.29, 1.82) is 0 Å². The standard InChI is InChI=1S/C14H11ClFN5/c1-8-5-9(16)7-10(6-8)21-14(18-19-20-21)13-11(15)3-2-4-12(13)17/h2-7H,17H2,1H3. The van der Waals surface area contributed by atoms with Gasteiger partial charge in [0.2, 0.25) is 0 Å². The topological polar surface area (TPSA) is 69.6 Å². The summed E-state index contributed by atoms with van der Waals surface area (Å²) in [5.41, 5.74) is 8.19. The van der Waals surface area contributed by atoms with Gasteiger partial charge in [0, 0.05) is 5.69 Å². The van der Waals surface area contributed by atoms with E-state index in [1.807, 2.05) is 0 Å². The normalized spacial score (nSPS) is 10.8. The Kier molecular flexibility index (Phi) is 3.31. The molecule has 0 fully saturated rings. The van der Waals surface area contributed by atoms with Gasteiger partial charge in [-0.1, -0.05) is 17.7 Å². The van der Waals surface area contributed by atoms with Crippen LogP contribution in [0, 0.1) is 12.7 Å². The van der Waals surface area contributed by atoms with Crippen LogP contribution in [0.3, 0.4) is 0 Å². The molecule has 21 heavy (non-hydrogen) atoms. The van der Waals surface area contributed by atoms with Crippen molar-refractivity contribution < 1.29 is 4.39 Å². The van der Waals surface area contributed by atoms with Gasteiger partial charge in [0.25, 0.3) is 0 Å². The highest BCUT2D eigenvalue weighted by molar-refractivity contribution is 6.33. The maximum atomic E-state index is 13.6. The third-order valence-electron chi connectivity index (χ3n) is 3.01. The molecule has 7 heteroatoms. The molecule has 0 radical (unpaired) electrons. The second-order valence-corrected chi connectivity index (χ2v) is 5.01. The van der Waals surface area contributed by atoms with Crippen LogP contribution < -0.4 is 5.73 Å². The SMILES string of the molecule is Cc1cc(F)cc(-n2nnnc2-c2c(N)cccc2Cl)c1. The zero-order chi connectivity index (χ0) is 15.0. The Morgan fingerprint density at radius 3 is 2.76 bits per heavy atom. The molecule has 0 aliphatic carbocycles. The molecule has 2 aromatic carbocycles. The van der Waals surface area contributed by atoms with Crippen molar-refractivity contribution in [1.82, 2.24) is 20.2 Å². The van der Waals surface area contributed by atoms with Crippen LogP contribution in [0.4, 0.5) is 10.1 Å². The van der Waals surface area contributed by atoms with Gasteiger partial charge in [0.1, 0.15) is 5.82 Å². The van der Waals surface area contributed by atoms with Gasteiger partial charge in [-0.2, -0.15) is 4.68 Å². The van der Waals surface area contributed by atoms with Crippen molar-refractivity contribution in [2.24, 2.45) is 0 Å². The molecule has 0 aliphatic heterocycles. The predicted molar refractivity (Wildman–Crippen MR) is 78.7 cm³/mol. The highest BCUT2D eigenvalue weighted by Crippen LogP contribution is 2.32. The van der Waals surface area contributed by atoms with Crippen molar-refractivity contribution in [3.63, 3.8) is 0 Å². The zero-order valence-corrected chi connectivity index (χ0v) is 11.8. The van der Waals surface area contributed by atoms with Crippen molar-refractivity contribution in [3.05, 3.63) is 52.8 Å². The largest absolute Gasteiger partial charge is 0.398 e. The van der Waals surface area contributed by atoms with Crippen molar-refractivity contribution in [2.75, 3.05) is 5.73 Å². The maximum absolute atomic E-state index is 13.6. The molecule has 5 nitrogen and oxygen atoms in total. The van der Waals surface area contributed by atoms with E-state index in [0.29, 0.717) is 27.8 Å². The van der Waals surface area contributed by atoms with Crippen LogP contribution >= 0.6 is 11.6 Å². The smallest absolute Gasteiger partial charge is 0.190 e. The van der Waals surface area contributed by atoms with Crippen LogP contribution in [0.1, 0.15) is 5.56 Å². The van der Waals surface area contributed by atoms with E-state index in [-0.39, 0.29) is 5.82 Å². The summed E-state index contributed by atoms with van der Waals surface area (Å²) in [5.74, 6) is 0.00156. The average Bonchev–Trinajstić information content (AvgIpc) is 2.86. The van der Waals surface area contributed by atoms with E-state index >= 15 is 0 Å². The van der Waals surface area contributed by atoms with Gasteiger partial charge >= 0.3 is 0 Å². The first-order valence-corrected chi connectivity index (χ1v) is 6.54. The van der Waals surface area contributed by atoms with E-state index in [2.05, 4.69) is 15.5 Å². The van der Waals surface area contributed by atoms with Crippen LogP contribution in [0.15, 0.2) is 36.4 Å². The molecule has 0 bridgehead atoms. The number of nitrogens with zero attached hydrogens (tertiary/aromatic N) is 4. The number of hydrogen-bond donors (Lipinski definition) is 1. The van der Waals surface area contributed by atoms with Crippen LogP contribution in [0.5, 0.6) is 0 Å². The first-order chi connectivity index (χ1) is 10.1. The second-order valence-electron chi connectivity index (χ2n) is 4.61. The molecule has 3 rings (SSSR count). The molecule has 2 N–H and O–H groups in total. The van der Waals surface area contributed by atoms with Gasteiger partial charge in [-0.3, -0.25) is 0 Å². The molecule has 3 aromatic rings. The number of anilines is 1. The average molecular weight is 304 g/mol. The first kappa shape index (κ1) is 13.5. The molecule has 0 amide bonds. The number of tetrazole rings is 1. The van der Waals surface area contributed by atoms with Gasteiger partial charge in [-0.25, -0.2) is 4.39 Å². The molecule has 0 unspecified atom stereocenters. The van der Waals surface area contributed by atoms with E-state index in [4.69, 9.17) is 17.3 Å². The Hall–Kier alpha value is -2.47. The summed E-state index contributed by atoms with van der Waals surface area (Å²) in [7, 11) is 0. The Morgan fingerprint density at radius 1 is 1.24 bits per heavy atom. The Labute approximate surface area is 125 Å². The molecular formula is C14H11ClFN5. The summed E-state index contributed by atoms with van der Waals surface area (Å²) in [4.78, 5) is 0. The number of hydrogen-bond acceptors (Lipinski definition) is 4. The lowest BCUT2D eigenvalue weighted by atomic mass is 10.1. The summed E-state index contributed by atoms with van der Waals surface area (Å²) in [6.07, 6.45) is 0. The number of aromatic nitrogens is 4. The first-order valence-electron chi connectivity index (χ1n) is 6.16. The third-order valence-corrected chi connectivity index (χ3v) is 3.33. The summed E-state index contributed by atoms with van der Waals surface area (Å²) in [6.45, 7) is 1.79. The highest BCUT2D eigenvalue weighted by Gasteiger charge is 2.17. The molecule has 1 heterocycles. The van der Waals surface area contributed by atoms with Crippen LogP contribution in [-0.4, -0.2) is 20.2 Å². The second kappa shape index (κ2) is 5.14. The van der Waals surface area contributed by atoms with Gasteiger partial charge in [0.15, 0.2) is 5.82 Å². The van der Waals surface area contributed by atoms with Gasteiger partial charge < -0.3 is 5.73 Å². The minimum atomic E-state index is -0.362. The highest BCUT2D eigenvalue weighted by atomic mass is 35.5. The summed E-state index contributed by atoms with van der Waals surface area (Å²) >= 11 is 6.18. The van der Waals surface area contributed by atoms with E-state index in [9.17, 15) is 4.39 Å². The molecule has 1 aromatic heterocycles. The van der Waals surface area contributed by atoms with Crippen molar-refractivity contribution in [2.45, 2.75) is 6.92 Å². The van der Waals surface area contributed by atoms with E-state index in [0.717, 1.165) is 5.56 Å². The van der Waals surface area contributed by atoms with E-state index in [1.54, 1.807) is 31.2 Å². The Balaban J connectivity index is 2.22. The van der Waals surface area contributed by atoms with Crippen molar-refractivity contribution in [3.8, 4) is 17.1 Å². The molecule has 106 valence electrons. The minimum Gasteiger partial charge on any atom is -0.398 e. The van der Waals surface area contributed by atoms with Gasteiger partial charge in [-0.15, -0.1) is 5.10 Å². The number of nitrogens with two attached hydrogens (primary N) is 1. The summed E-state index contributed by atoms with van der Waals surface area (Å²) < 4.78 is 15.0. The van der Waals surface area contributed by atoms with Crippen LogP contribution in [0.2, 0.25) is 5.02 Å². The maximum Gasteiger partial charge on any atom is 0.190 e. The fourth-order valence-electron chi connectivity index (χ4n) is 2.13. The lowest BCUT2D eigenvalue weighted by Gasteiger charge is -2.09. The van der Waals surface area contributed by atoms with Gasteiger partial charge in [-0.05, 0) is 53.2 Å². The molecule has 0 aliphatic rings. The van der Waals surface area contributed by atoms with Crippen LogP contribution in [-0.2, 0) is 0 Å². The molecule has 0 atom stereocenters. The third kappa shape index (κ3) is 2.45. The number of nitrogen functional groups attached to an aromatic ring is 1. The Bertz CT molecular complexity index is 774. The lowest BCUT2D eigenvalue weighted by Crippen LogP contribution is -2.03. The quantitative estimate of drug-likeness (QED) is 0.739. The zero-order valence-electron chi connectivity index (χ0n) is 11.1. The fourth-order valence-corrected chi connectivity index (χ4v) is 2.40. The van der Waals surface area contributed by atoms with E-state index < -0.39 is 0 Å². The molecular weight excluding hydrogens is 293 g/mol. The predicted octanol–water partition coefficient (Wildman–Crippen LogP) is 3.01. The fraction of sp³-hybridized carbons (Fsp3) is 0.0714. The molecule has 0 saturated heterocycles. The summed E-state index contributed by atoms with van der Waals surface area (Å²) in [5, 5.41) is 11.9. The number of benzene rings is 2. The monoisotopic (exact) mass is 303 g/mol. The van der Waals surface area contributed by atoms with Crippen LogP contribution in [0.25, 0.3) is 17.1 Å². The number of halogens is 2. The minimum absolute atomic E-state index is 0.362. The number of aryl methyl sites for hydroxylation is 1. The lowest BCUT2D eigenvalue weighted by molar-refractivity contribution is 0.623. The Morgan fingerprint density at radius 2 is 2.05 bits per heavy atom. The number of rotatable bonds is 2. The summed E-state index contributed by atoms with van der Waals surface area (Å²) in [6, 6.07) is 9.69. The van der Waals surface area contributed by atoms with E-state index in [1.165, 1.54) is 16.8 Å². The van der Waals surface area contributed by atoms with Crippen molar-refractivity contribution >= 4 is 17.3 Å². The molecule has 0 saturated carbocycles. The molecule has 0 spiro atoms.